The van der Waals surface area contributed by atoms with Crippen LogP contribution in [0.3, 0.4) is 0 Å². The second kappa shape index (κ2) is 5.79. The topological polar surface area (TPSA) is 58.2 Å². The Bertz CT molecular complexity index is 487. The molecule has 2 heterocycles. The van der Waals surface area contributed by atoms with Crippen molar-refractivity contribution >= 4 is 6.09 Å². The van der Waals surface area contributed by atoms with E-state index in [4.69, 9.17) is 11.2 Å². The fourth-order valence-electron chi connectivity index (χ4n) is 2.17. The van der Waals surface area contributed by atoms with Gasteiger partial charge in [0.15, 0.2) is 0 Å². The Morgan fingerprint density at radius 3 is 3.16 bits per heavy atom. The molecule has 1 aromatic rings. The molecule has 1 amide bonds. The Morgan fingerprint density at radius 2 is 2.53 bits per heavy atom. The van der Waals surface area contributed by atoms with Gasteiger partial charge < -0.3 is 9.72 Å². The Balaban J connectivity index is 2.04. The van der Waals surface area contributed by atoms with E-state index >= 15 is 0 Å². The van der Waals surface area contributed by atoms with Crippen LogP contribution in [0.15, 0.2) is 6.20 Å². The first-order valence-electron chi connectivity index (χ1n) is 6.56. The SMILES string of the molecule is C#Cc1cnc(C2CCCN2C(=O)OCC(C)C)[nH]1. The lowest BCUT2D eigenvalue weighted by molar-refractivity contribution is 0.0871. The molecule has 1 unspecified atom stereocenters. The van der Waals surface area contributed by atoms with Crippen LogP contribution in [0.4, 0.5) is 4.79 Å². The molecular weight excluding hydrogens is 242 g/mol. The van der Waals surface area contributed by atoms with Crippen LogP contribution in [0.1, 0.15) is 44.2 Å². The Labute approximate surface area is 113 Å². The van der Waals surface area contributed by atoms with Crippen molar-refractivity contribution in [2.45, 2.75) is 32.7 Å². The van der Waals surface area contributed by atoms with Crippen molar-refractivity contribution in [1.29, 1.82) is 0 Å². The molecule has 19 heavy (non-hydrogen) atoms. The van der Waals surface area contributed by atoms with Crippen LogP contribution in [-0.4, -0.2) is 34.1 Å². The summed E-state index contributed by atoms with van der Waals surface area (Å²) in [4.78, 5) is 21.1. The molecule has 1 aromatic heterocycles. The highest BCUT2D eigenvalue weighted by molar-refractivity contribution is 5.68. The smallest absolute Gasteiger partial charge is 0.410 e. The molecule has 0 aliphatic carbocycles. The number of hydrogen-bond donors (Lipinski definition) is 1. The van der Waals surface area contributed by atoms with E-state index in [2.05, 4.69) is 15.9 Å². The maximum absolute atomic E-state index is 12.0. The van der Waals surface area contributed by atoms with Crippen LogP contribution in [0, 0.1) is 18.3 Å². The highest BCUT2D eigenvalue weighted by atomic mass is 16.6. The number of nitrogens with zero attached hydrogens (tertiary/aromatic N) is 2. The Kier molecular flexibility index (Phi) is 4.10. The molecule has 1 N–H and O–H groups in total. The zero-order valence-electron chi connectivity index (χ0n) is 11.3. The lowest BCUT2D eigenvalue weighted by Gasteiger charge is -2.23. The van der Waals surface area contributed by atoms with Crippen molar-refractivity contribution in [2.24, 2.45) is 5.92 Å². The van der Waals surface area contributed by atoms with Gasteiger partial charge in [-0.25, -0.2) is 9.78 Å². The van der Waals surface area contributed by atoms with Crippen LogP contribution < -0.4 is 0 Å². The lowest BCUT2D eigenvalue weighted by Crippen LogP contribution is -2.32. The van der Waals surface area contributed by atoms with Crippen LogP contribution in [0.2, 0.25) is 0 Å². The number of rotatable bonds is 3. The number of nitrogens with one attached hydrogen (secondary N) is 1. The third-order valence-corrected chi connectivity index (χ3v) is 3.09. The standard InChI is InChI=1S/C14H19N3O2/c1-4-11-8-15-13(16-11)12-6-5-7-17(12)14(18)19-9-10(2)3/h1,8,10,12H,5-7,9H2,2-3H3,(H,15,16). The summed E-state index contributed by atoms with van der Waals surface area (Å²) in [5, 5.41) is 0. The molecule has 1 saturated heterocycles. The average molecular weight is 261 g/mol. The molecule has 1 fully saturated rings. The maximum atomic E-state index is 12.0. The average Bonchev–Trinajstić information content (AvgIpc) is 3.03. The van der Waals surface area contributed by atoms with E-state index in [0.29, 0.717) is 24.8 Å². The third kappa shape index (κ3) is 3.08. The van der Waals surface area contributed by atoms with Gasteiger partial charge in [0, 0.05) is 6.54 Å². The number of amides is 1. The molecule has 0 bridgehead atoms. The first-order valence-corrected chi connectivity index (χ1v) is 6.56. The van der Waals surface area contributed by atoms with Crippen molar-refractivity contribution in [1.82, 2.24) is 14.9 Å². The monoisotopic (exact) mass is 261 g/mol. The predicted octanol–water partition coefficient (Wildman–Crippen LogP) is 2.32. The predicted molar refractivity (Wildman–Crippen MR) is 71.4 cm³/mol. The van der Waals surface area contributed by atoms with Crippen LogP contribution in [0.5, 0.6) is 0 Å². The molecule has 102 valence electrons. The number of hydrogen-bond acceptors (Lipinski definition) is 3. The van der Waals surface area contributed by atoms with E-state index in [-0.39, 0.29) is 12.1 Å². The van der Waals surface area contributed by atoms with Gasteiger partial charge in [-0.05, 0) is 18.8 Å². The summed E-state index contributed by atoms with van der Waals surface area (Å²) in [6.07, 6.45) is 8.49. The molecule has 0 aromatic carbocycles. The number of terminal acetylenes is 1. The van der Waals surface area contributed by atoms with E-state index in [0.717, 1.165) is 18.7 Å². The minimum Gasteiger partial charge on any atom is -0.449 e. The molecule has 0 radical (unpaired) electrons. The van der Waals surface area contributed by atoms with Gasteiger partial charge in [-0.2, -0.15) is 0 Å². The normalized spacial score (nSPS) is 18.6. The summed E-state index contributed by atoms with van der Waals surface area (Å²) in [6, 6.07) is -0.0539. The van der Waals surface area contributed by atoms with Gasteiger partial charge in [0.25, 0.3) is 0 Å². The van der Waals surface area contributed by atoms with Gasteiger partial charge in [0.1, 0.15) is 11.5 Å². The van der Waals surface area contributed by atoms with Gasteiger partial charge in [0.05, 0.1) is 18.8 Å². The number of ether oxygens (including phenoxy) is 1. The maximum Gasteiger partial charge on any atom is 0.410 e. The fraction of sp³-hybridized carbons (Fsp3) is 0.571. The zero-order valence-corrected chi connectivity index (χ0v) is 11.3. The van der Waals surface area contributed by atoms with Crippen molar-refractivity contribution < 1.29 is 9.53 Å². The first-order chi connectivity index (χ1) is 9.11. The number of carbonyl (C=O) groups excluding carboxylic acids is 1. The molecule has 1 atom stereocenters. The molecular formula is C14H19N3O2. The highest BCUT2D eigenvalue weighted by Crippen LogP contribution is 2.30. The summed E-state index contributed by atoms with van der Waals surface area (Å²) < 4.78 is 5.28. The van der Waals surface area contributed by atoms with Crippen LogP contribution in [0.25, 0.3) is 0 Å². The third-order valence-electron chi connectivity index (χ3n) is 3.09. The van der Waals surface area contributed by atoms with Crippen molar-refractivity contribution in [3.05, 3.63) is 17.7 Å². The quantitative estimate of drug-likeness (QED) is 0.849. The van der Waals surface area contributed by atoms with E-state index in [1.807, 2.05) is 13.8 Å². The molecule has 2 rings (SSSR count). The molecule has 5 heteroatoms. The van der Waals surface area contributed by atoms with E-state index in [1.165, 1.54) is 0 Å². The van der Waals surface area contributed by atoms with E-state index < -0.39 is 0 Å². The first kappa shape index (κ1) is 13.5. The summed E-state index contributed by atoms with van der Waals surface area (Å²) in [5.41, 5.74) is 0.636. The second-order valence-electron chi connectivity index (χ2n) is 5.15. The van der Waals surface area contributed by atoms with Gasteiger partial charge in [0.2, 0.25) is 0 Å². The van der Waals surface area contributed by atoms with E-state index in [9.17, 15) is 4.79 Å². The Hall–Kier alpha value is -1.96. The molecule has 0 saturated carbocycles. The highest BCUT2D eigenvalue weighted by Gasteiger charge is 2.33. The lowest BCUT2D eigenvalue weighted by atomic mass is 10.2. The molecule has 1 aliphatic heterocycles. The van der Waals surface area contributed by atoms with Gasteiger partial charge in [-0.15, -0.1) is 6.42 Å². The summed E-state index contributed by atoms with van der Waals surface area (Å²) in [6.45, 7) is 5.17. The minimum atomic E-state index is -0.269. The number of H-pyrrole nitrogens is 1. The van der Waals surface area contributed by atoms with Crippen LogP contribution >= 0.6 is 0 Å². The van der Waals surface area contributed by atoms with Gasteiger partial charge in [-0.3, -0.25) is 4.90 Å². The zero-order chi connectivity index (χ0) is 13.8. The Morgan fingerprint density at radius 1 is 1.74 bits per heavy atom. The molecule has 5 nitrogen and oxygen atoms in total. The molecule has 0 spiro atoms. The minimum absolute atomic E-state index is 0.0539. The fourth-order valence-corrected chi connectivity index (χ4v) is 2.17. The number of likely N-dealkylation sites (tertiary alicyclic amines) is 1. The van der Waals surface area contributed by atoms with Gasteiger partial charge in [-0.1, -0.05) is 19.8 Å². The number of imidazole rings is 1. The number of aromatic nitrogens is 2. The number of aromatic amines is 1. The largest absolute Gasteiger partial charge is 0.449 e. The van der Waals surface area contributed by atoms with Crippen molar-refractivity contribution in [3.8, 4) is 12.3 Å². The van der Waals surface area contributed by atoms with Crippen molar-refractivity contribution in [2.75, 3.05) is 13.2 Å². The van der Waals surface area contributed by atoms with Crippen LogP contribution in [-0.2, 0) is 4.74 Å². The number of carbonyl (C=O) groups is 1. The second-order valence-corrected chi connectivity index (χ2v) is 5.15. The van der Waals surface area contributed by atoms with Gasteiger partial charge >= 0.3 is 6.09 Å². The molecule has 1 aliphatic rings. The summed E-state index contributed by atoms with van der Waals surface area (Å²) in [5.74, 6) is 3.58. The van der Waals surface area contributed by atoms with Crippen molar-refractivity contribution in [3.63, 3.8) is 0 Å². The van der Waals surface area contributed by atoms with E-state index in [1.54, 1.807) is 11.1 Å². The summed E-state index contributed by atoms with van der Waals surface area (Å²) in [7, 11) is 0. The summed E-state index contributed by atoms with van der Waals surface area (Å²) >= 11 is 0.